The van der Waals surface area contributed by atoms with E-state index in [1.807, 2.05) is 25.1 Å². The first-order valence-electron chi connectivity index (χ1n) is 7.29. The molecular formula is C17H22N2O. The number of hydrogen-bond acceptors (Lipinski definition) is 2. The third-order valence-electron chi connectivity index (χ3n) is 4.51. The first-order chi connectivity index (χ1) is 9.63. The van der Waals surface area contributed by atoms with Gasteiger partial charge in [0.2, 0.25) is 0 Å². The summed E-state index contributed by atoms with van der Waals surface area (Å²) in [4.78, 5) is 3.38. The van der Waals surface area contributed by atoms with Crippen molar-refractivity contribution in [3.63, 3.8) is 0 Å². The molecule has 1 aliphatic rings. The second-order valence-corrected chi connectivity index (χ2v) is 5.80. The largest absolute Gasteiger partial charge is 0.383 e. The number of piperidine rings is 1. The lowest BCUT2D eigenvalue weighted by molar-refractivity contribution is -0.00206. The van der Waals surface area contributed by atoms with Crippen LogP contribution >= 0.6 is 0 Å². The molecule has 0 spiro atoms. The molecular weight excluding hydrogens is 248 g/mol. The van der Waals surface area contributed by atoms with Gasteiger partial charge in [-0.25, -0.2) is 0 Å². The number of H-pyrrole nitrogens is 1. The molecule has 0 bridgehead atoms. The lowest BCUT2D eigenvalue weighted by Crippen LogP contribution is -2.41. The molecule has 2 heterocycles. The summed E-state index contributed by atoms with van der Waals surface area (Å²) in [6.07, 6.45) is 3.09. The van der Waals surface area contributed by atoms with Crippen molar-refractivity contribution in [1.29, 1.82) is 0 Å². The summed E-state index contributed by atoms with van der Waals surface area (Å²) < 4.78 is 0. The normalized spacial score (nSPS) is 24.9. The van der Waals surface area contributed by atoms with Gasteiger partial charge in [-0.05, 0) is 44.3 Å². The average Bonchev–Trinajstić information content (AvgIpc) is 2.92. The average molecular weight is 270 g/mol. The molecule has 106 valence electrons. The van der Waals surface area contributed by atoms with Crippen molar-refractivity contribution in [3.8, 4) is 0 Å². The van der Waals surface area contributed by atoms with E-state index in [0.717, 1.165) is 36.1 Å². The van der Waals surface area contributed by atoms with Gasteiger partial charge in [0.25, 0.3) is 0 Å². The highest BCUT2D eigenvalue weighted by Gasteiger charge is 2.38. The van der Waals surface area contributed by atoms with Crippen molar-refractivity contribution >= 4 is 10.9 Å². The molecule has 0 aliphatic carbocycles. The van der Waals surface area contributed by atoms with E-state index in [9.17, 15) is 5.11 Å². The Morgan fingerprint density at radius 3 is 2.90 bits per heavy atom. The van der Waals surface area contributed by atoms with E-state index in [0.29, 0.717) is 0 Å². The molecule has 1 unspecified atom stereocenters. The van der Waals surface area contributed by atoms with Crippen LogP contribution in [0.4, 0.5) is 0 Å². The van der Waals surface area contributed by atoms with Crippen molar-refractivity contribution in [2.45, 2.75) is 25.9 Å². The lowest BCUT2D eigenvalue weighted by atomic mass is 9.77. The SMILES string of the molecule is C/C=C1\CNCCC1[C@@](C)(O)c1cc2ccccc2[nH]1. The number of aliphatic hydroxyl groups is 1. The highest BCUT2D eigenvalue weighted by atomic mass is 16.3. The monoisotopic (exact) mass is 270 g/mol. The number of aromatic nitrogens is 1. The Kier molecular flexibility index (Phi) is 3.40. The molecule has 0 saturated carbocycles. The van der Waals surface area contributed by atoms with Gasteiger partial charge in [-0.3, -0.25) is 0 Å². The van der Waals surface area contributed by atoms with Crippen LogP contribution in [0.5, 0.6) is 0 Å². The van der Waals surface area contributed by atoms with Gasteiger partial charge in [0, 0.05) is 23.7 Å². The Bertz CT molecular complexity index is 606. The lowest BCUT2D eigenvalue weighted by Gasteiger charge is -2.37. The van der Waals surface area contributed by atoms with E-state index in [-0.39, 0.29) is 5.92 Å². The maximum atomic E-state index is 11.1. The first-order valence-corrected chi connectivity index (χ1v) is 7.29. The van der Waals surface area contributed by atoms with Gasteiger partial charge < -0.3 is 15.4 Å². The molecule has 3 heteroatoms. The van der Waals surface area contributed by atoms with Gasteiger partial charge in [0.1, 0.15) is 5.60 Å². The van der Waals surface area contributed by atoms with E-state index >= 15 is 0 Å². The third kappa shape index (κ3) is 2.17. The Morgan fingerprint density at radius 2 is 2.15 bits per heavy atom. The summed E-state index contributed by atoms with van der Waals surface area (Å²) in [6.45, 7) is 5.81. The van der Waals surface area contributed by atoms with Gasteiger partial charge >= 0.3 is 0 Å². The summed E-state index contributed by atoms with van der Waals surface area (Å²) in [5.41, 5.74) is 2.42. The number of nitrogens with one attached hydrogen (secondary N) is 2. The number of allylic oxidation sites excluding steroid dienone is 1. The molecule has 0 radical (unpaired) electrons. The molecule has 1 aromatic carbocycles. The van der Waals surface area contributed by atoms with Crippen molar-refractivity contribution in [2.24, 2.45) is 5.92 Å². The second kappa shape index (κ2) is 5.08. The minimum atomic E-state index is -0.858. The van der Waals surface area contributed by atoms with E-state index in [1.54, 1.807) is 0 Å². The van der Waals surface area contributed by atoms with Crippen LogP contribution in [0.25, 0.3) is 10.9 Å². The molecule has 1 aliphatic heterocycles. The van der Waals surface area contributed by atoms with Crippen LogP contribution in [0.15, 0.2) is 42.0 Å². The van der Waals surface area contributed by atoms with Crippen LogP contribution in [-0.2, 0) is 5.60 Å². The topological polar surface area (TPSA) is 48.0 Å². The summed E-state index contributed by atoms with van der Waals surface area (Å²) in [5.74, 6) is 0.168. The molecule has 1 aromatic heterocycles. The van der Waals surface area contributed by atoms with Gasteiger partial charge in [-0.2, -0.15) is 0 Å². The Labute approximate surface area is 119 Å². The van der Waals surface area contributed by atoms with Crippen LogP contribution in [0.3, 0.4) is 0 Å². The van der Waals surface area contributed by atoms with Gasteiger partial charge in [-0.1, -0.05) is 29.8 Å². The maximum absolute atomic E-state index is 11.1. The van der Waals surface area contributed by atoms with E-state index in [4.69, 9.17) is 0 Å². The van der Waals surface area contributed by atoms with Crippen LogP contribution in [-0.4, -0.2) is 23.2 Å². The number of rotatable bonds is 2. The van der Waals surface area contributed by atoms with Crippen LogP contribution in [0.1, 0.15) is 26.0 Å². The van der Waals surface area contributed by atoms with Crippen LogP contribution in [0, 0.1) is 5.92 Å². The number of para-hydroxylation sites is 1. The van der Waals surface area contributed by atoms with Gasteiger partial charge in [0.05, 0.1) is 0 Å². The van der Waals surface area contributed by atoms with Crippen molar-refractivity contribution < 1.29 is 5.11 Å². The number of fused-ring (bicyclic) bond motifs is 1. The predicted molar refractivity (Wildman–Crippen MR) is 82.6 cm³/mol. The van der Waals surface area contributed by atoms with Crippen LogP contribution in [0.2, 0.25) is 0 Å². The fourth-order valence-corrected chi connectivity index (χ4v) is 3.27. The standard InChI is InChI=1S/C17H22N2O/c1-3-12-11-18-9-8-14(12)17(2,20)16-10-13-6-4-5-7-15(13)19-16/h3-7,10,14,18-20H,8-9,11H2,1-2H3/b12-3+/t14?,17-/m1/s1. The van der Waals surface area contributed by atoms with Gasteiger partial charge in [0.15, 0.2) is 0 Å². The molecule has 1 fully saturated rings. The first kappa shape index (κ1) is 13.4. The molecule has 1 saturated heterocycles. The zero-order chi connectivity index (χ0) is 14.2. The van der Waals surface area contributed by atoms with E-state index < -0.39 is 5.60 Å². The molecule has 0 amide bonds. The third-order valence-corrected chi connectivity index (χ3v) is 4.51. The van der Waals surface area contributed by atoms with E-state index in [1.165, 1.54) is 5.57 Å². The highest BCUT2D eigenvalue weighted by Crippen LogP contribution is 2.38. The van der Waals surface area contributed by atoms with Crippen molar-refractivity contribution in [1.82, 2.24) is 10.3 Å². The highest BCUT2D eigenvalue weighted by molar-refractivity contribution is 5.80. The Hall–Kier alpha value is -1.58. The molecule has 3 nitrogen and oxygen atoms in total. The smallest absolute Gasteiger partial charge is 0.108 e. The summed E-state index contributed by atoms with van der Waals surface area (Å²) in [6, 6.07) is 10.2. The zero-order valence-electron chi connectivity index (χ0n) is 12.1. The quantitative estimate of drug-likeness (QED) is 0.735. The zero-order valence-corrected chi connectivity index (χ0v) is 12.1. The fraction of sp³-hybridized carbons (Fsp3) is 0.412. The summed E-state index contributed by atoms with van der Waals surface area (Å²) >= 11 is 0. The Morgan fingerprint density at radius 1 is 1.35 bits per heavy atom. The Balaban J connectivity index is 2.01. The van der Waals surface area contributed by atoms with Gasteiger partial charge in [-0.15, -0.1) is 0 Å². The summed E-state index contributed by atoms with van der Waals surface area (Å²) in [5, 5.41) is 15.6. The molecule has 2 aromatic rings. The molecule has 3 N–H and O–H groups in total. The minimum absolute atomic E-state index is 0.168. The number of hydrogen-bond donors (Lipinski definition) is 3. The second-order valence-electron chi connectivity index (χ2n) is 5.80. The fourth-order valence-electron chi connectivity index (χ4n) is 3.27. The van der Waals surface area contributed by atoms with Crippen LogP contribution < -0.4 is 5.32 Å². The molecule has 2 atom stereocenters. The van der Waals surface area contributed by atoms with Crippen molar-refractivity contribution in [3.05, 3.63) is 47.7 Å². The molecule has 20 heavy (non-hydrogen) atoms. The maximum Gasteiger partial charge on any atom is 0.108 e. The summed E-state index contributed by atoms with van der Waals surface area (Å²) in [7, 11) is 0. The predicted octanol–water partition coefficient (Wildman–Crippen LogP) is 2.93. The number of benzene rings is 1. The minimum Gasteiger partial charge on any atom is -0.383 e. The number of aromatic amines is 1. The van der Waals surface area contributed by atoms with E-state index in [2.05, 4.69) is 35.4 Å². The van der Waals surface area contributed by atoms with Crippen molar-refractivity contribution in [2.75, 3.05) is 13.1 Å². The molecule has 3 rings (SSSR count).